The minimum atomic E-state index is -0.0350. The Kier molecular flexibility index (Phi) is 3.54. The summed E-state index contributed by atoms with van der Waals surface area (Å²) in [5.41, 5.74) is 8.18. The summed E-state index contributed by atoms with van der Waals surface area (Å²) in [6.07, 6.45) is 2.52. The van der Waals surface area contributed by atoms with Crippen molar-refractivity contribution in [2.24, 2.45) is 5.73 Å². The van der Waals surface area contributed by atoms with E-state index in [0.29, 0.717) is 0 Å². The van der Waals surface area contributed by atoms with Crippen molar-refractivity contribution < 1.29 is 0 Å². The molecule has 1 aromatic heterocycles. The van der Waals surface area contributed by atoms with Gasteiger partial charge in [-0.3, -0.25) is 4.98 Å². The molecule has 2 N–H and O–H groups in total. The fraction of sp³-hybridized carbons (Fsp3) is 0.154. The Morgan fingerprint density at radius 3 is 2.50 bits per heavy atom. The number of hydrogen-bond acceptors (Lipinski definition) is 2. The molecule has 3 heteroatoms. The van der Waals surface area contributed by atoms with Crippen LogP contribution in [0.3, 0.4) is 0 Å². The number of pyridine rings is 1. The Morgan fingerprint density at radius 2 is 1.88 bits per heavy atom. The van der Waals surface area contributed by atoms with Gasteiger partial charge in [-0.1, -0.05) is 29.8 Å². The van der Waals surface area contributed by atoms with Crippen molar-refractivity contribution in [3.63, 3.8) is 0 Å². The molecule has 1 heterocycles. The molecule has 0 saturated carbocycles. The van der Waals surface area contributed by atoms with Crippen molar-refractivity contribution in [3.8, 4) is 0 Å². The molecule has 1 unspecified atom stereocenters. The summed E-state index contributed by atoms with van der Waals surface area (Å²) < 4.78 is 0. The number of aromatic nitrogens is 1. The molecule has 82 valence electrons. The summed E-state index contributed by atoms with van der Waals surface area (Å²) in [6, 6.07) is 13.4. The fourth-order valence-corrected chi connectivity index (χ4v) is 1.70. The Balaban J connectivity index is 2.09. The van der Waals surface area contributed by atoms with Crippen LogP contribution in [0.2, 0.25) is 5.02 Å². The van der Waals surface area contributed by atoms with Crippen LogP contribution in [0.1, 0.15) is 17.3 Å². The molecule has 2 rings (SSSR count). The van der Waals surface area contributed by atoms with E-state index in [2.05, 4.69) is 4.98 Å². The van der Waals surface area contributed by atoms with Crippen LogP contribution in [0.15, 0.2) is 48.7 Å². The highest BCUT2D eigenvalue weighted by molar-refractivity contribution is 6.30. The number of rotatable bonds is 3. The van der Waals surface area contributed by atoms with Crippen LogP contribution in [0.4, 0.5) is 0 Å². The lowest BCUT2D eigenvalue weighted by atomic mass is 10.0. The third kappa shape index (κ3) is 2.81. The van der Waals surface area contributed by atoms with Gasteiger partial charge in [-0.05, 0) is 29.8 Å². The molecular formula is C13H13ClN2. The molecule has 0 saturated heterocycles. The first-order valence-electron chi connectivity index (χ1n) is 5.16. The minimum absolute atomic E-state index is 0.0350. The third-order valence-electron chi connectivity index (χ3n) is 2.45. The van der Waals surface area contributed by atoms with E-state index in [1.54, 1.807) is 6.20 Å². The van der Waals surface area contributed by atoms with E-state index < -0.39 is 0 Å². The van der Waals surface area contributed by atoms with Crippen molar-refractivity contribution in [2.45, 2.75) is 12.5 Å². The zero-order valence-corrected chi connectivity index (χ0v) is 9.56. The summed E-state index contributed by atoms with van der Waals surface area (Å²) in [7, 11) is 0. The van der Waals surface area contributed by atoms with Gasteiger partial charge in [-0.25, -0.2) is 0 Å². The maximum atomic E-state index is 6.09. The zero-order valence-electron chi connectivity index (χ0n) is 8.81. The van der Waals surface area contributed by atoms with E-state index in [-0.39, 0.29) is 6.04 Å². The van der Waals surface area contributed by atoms with Crippen LogP contribution >= 0.6 is 11.6 Å². The van der Waals surface area contributed by atoms with E-state index in [9.17, 15) is 0 Å². The summed E-state index contributed by atoms with van der Waals surface area (Å²) >= 11 is 5.82. The predicted molar refractivity (Wildman–Crippen MR) is 66.3 cm³/mol. The average molecular weight is 233 g/mol. The molecule has 0 aliphatic heterocycles. The van der Waals surface area contributed by atoms with E-state index in [1.807, 2.05) is 42.5 Å². The normalized spacial score (nSPS) is 12.4. The molecule has 0 bridgehead atoms. The molecule has 0 fully saturated rings. The van der Waals surface area contributed by atoms with Gasteiger partial charge in [0, 0.05) is 29.4 Å². The van der Waals surface area contributed by atoms with Gasteiger partial charge >= 0.3 is 0 Å². The van der Waals surface area contributed by atoms with Gasteiger partial charge in [0.2, 0.25) is 0 Å². The topological polar surface area (TPSA) is 38.9 Å². The highest BCUT2D eigenvalue weighted by atomic mass is 35.5. The average Bonchev–Trinajstić information content (AvgIpc) is 2.31. The quantitative estimate of drug-likeness (QED) is 0.884. The van der Waals surface area contributed by atoms with Crippen molar-refractivity contribution in [1.82, 2.24) is 4.98 Å². The number of benzene rings is 1. The van der Waals surface area contributed by atoms with Crippen LogP contribution in [-0.2, 0) is 6.42 Å². The van der Waals surface area contributed by atoms with E-state index >= 15 is 0 Å². The number of halogens is 1. The summed E-state index contributed by atoms with van der Waals surface area (Å²) in [6.45, 7) is 0. The molecule has 0 radical (unpaired) electrons. The first-order valence-corrected chi connectivity index (χ1v) is 5.54. The lowest BCUT2D eigenvalue weighted by Gasteiger charge is -2.11. The van der Waals surface area contributed by atoms with Crippen molar-refractivity contribution in [1.29, 1.82) is 0 Å². The number of hydrogen-bond donors (Lipinski definition) is 1. The maximum absolute atomic E-state index is 6.09. The van der Waals surface area contributed by atoms with E-state index in [4.69, 9.17) is 17.3 Å². The lowest BCUT2D eigenvalue weighted by Crippen LogP contribution is -2.13. The second-order valence-corrected chi connectivity index (χ2v) is 4.12. The summed E-state index contributed by atoms with van der Waals surface area (Å²) in [4.78, 5) is 4.26. The highest BCUT2D eigenvalue weighted by Gasteiger charge is 2.07. The molecule has 0 aliphatic rings. The monoisotopic (exact) mass is 232 g/mol. The van der Waals surface area contributed by atoms with Crippen molar-refractivity contribution >= 4 is 11.6 Å². The first-order chi connectivity index (χ1) is 7.75. The van der Waals surface area contributed by atoms with Gasteiger partial charge in [-0.15, -0.1) is 0 Å². The standard InChI is InChI=1S/C13H13ClN2/c14-11-6-4-10(5-7-11)13(15)9-12-3-1-2-8-16-12/h1-8,13H,9,15H2. The van der Waals surface area contributed by atoms with Crippen LogP contribution in [0, 0.1) is 0 Å². The smallest absolute Gasteiger partial charge is 0.0422 e. The summed E-state index contributed by atoms with van der Waals surface area (Å²) in [5.74, 6) is 0. The van der Waals surface area contributed by atoms with Crippen LogP contribution in [-0.4, -0.2) is 4.98 Å². The van der Waals surface area contributed by atoms with Gasteiger partial charge in [0.1, 0.15) is 0 Å². The van der Waals surface area contributed by atoms with Gasteiger partial charge in [0.15, 0.2) is 0 Å². The lowest BCUT2D eigenvalue weighted by molar-refractivity contribution is 0.707. The Bertz CT molecular complexity index is 439. The Labute approximate surface area is 100 Å². The Morgan fingerprint density at radius 1 is 1.12 bits per heavy atom. The predicted octanol–water partition coefficient (Wildman–Crippen LogP) is 2.98. The molecule has 0 amide bonds. The molecule has 16 heavy (non-hydrogen) atoms. The van der Waals surface area contributed by atoms with Crippen LogP contribution < -0.4 is 5.73 Å². The van der Waals surface area contributed by atoms with Crippen molar-refractivity contribution in [2.75, 3.05) is 0 Å². The second kappa shape index (κ2) is 5.10. The van der Waals surface area contributed by atoms with Gasteiger partial charge in [0.25, 0.3) is 0 Å². The molecular weight excluding hydrogens is 220 g/mol. The zero-order chi connectivity index (χ0) is 11.4. The molecule has 1 aromatic carbocycles. The summed E-state index contributed by atoms with van der Waals surface area (Å²) in [5, 5.41) is 0.730. The molecule has 0 spiro atoms. The van der Waals surface area contributed by atoms with Crippen LogP contribution in [0.5, 0.6) is 0 Å². The number of nitrogens with two attached hydrogens (primary N) is 1. The maximum Gasteiger partial charge on any atom is 0.0422 e. The third-order valence-corrected chi connectivity index (χ3v) is 2.71. The van der Waals surface area contributed by atoms with E-state index in [1.165, 1.54) is 0 Å². The SMILES string of the molecule is NC(Cc1ccccn1)c1ccc(Cl)cc1. The fourth-order valence-electron chi connectivity index (χ4n) is 1.57. The van der Waals surface area contributed by atoms with Gasteiger partial charge in [-0.2, -0.15) is 0 Å². The minimum Gasteiger partial charge on any atom is -0.324 e. The molecule has 2 nitrogen and oxygen atoms in total. The van der Waals surface area contributed by atoms with Gasteiger partial charge in [0.05, 0.1) is 0 Å². The van der Waals surface area contributed by atoms with Crippen molar-refractivity contribution in [3.05, 3.63) is 64.9 Å². The second-order valence-electron chi connectivity index (χ2n) is 3.68. The van der Waals surface area contributed by atoms with Gasteiger partial charge < -0.3 is 5.73 Å². The number of nitrogens with zero attached hydrogens (tertiary/aromatic N) is 1. The Hall–Kier alpha value is -1.38. The van der Waals surface area contributed by atoms with Crippen LogP contribution in [0.25, 0.3) is 0 Å². The first kappa shape index (κ1) is 11.1. The molecule has 0 aliphatic carbocycles. The van der Waals surface area contributed by atoms with E-state index in [0.717, 1.165) is 22.7 Å². The highest BCUT2D eigenvalue weighted by Crippen LogP contribution is 2.17. The molecule has 1 atom stereocenters. The largest absolute Gasteiger partial charge is 0.324 e. The molecule has 2 aromatic rings.